The number of amides is 1. The second-order valence-electron chi connectivity index (χ2n) is 5.84. The molecule has 2 aromatic carbocycles. The molecule has 1 heterocycles. The van der Waals surface area contributed by atoms with E-state index in [4.69, 9.17) is 9.47 Å². The number of hydrogen-bond donors (Lipinski definition) is 1. The zero-order valence-electron chi connectivity index (χ0n) is 13.8. The molecule has 0 radical (unpaired) electrons. The van der Waals surface area contributed by atoms with Gasteiger partial charge in [-0.15, -0.1) is 0 Å². The minimum absolute atomic E-state index is 0.0499. The summed E-state index contributed by atoms with van der Waals surface area (Å²) in [5.41, 5.74) is 1.87. The van der Waals surface area contributed by atoms with Crippen LogP contribution in [0.2, 0.25) is 0 Å². The zero-order valence-corrected chi connectivity index (χ0v) is 13.8. The Morgan fingerprint density at radius 2 is 1.79 bits per heavy atom. The Morgan fingerprint density at radius 3 is 2.46 bits per heavy atom. The minimum atomic E-state index is -0.737. The summed E-state index contributed by atoms with van der Waals surface area (Å²) in [5, 5.41) is 10.4. The van der Waals surface area contributed by atoms with Crippen LogP contribution in [-0.2, 0) is 11.3 Å². The van der Waals surface area contributed by atoms with Gasteiger partial charge < -0.3 is 19.5 Å². The summed E-state index contributed by atoms with van der Waals surface area (Å²) in [7, 11) is 3.15. The fourth-order valence-corrected chi connectivity index (χ4v) is 3.18. The first-order valence-electron chi connectivity index (χ1n) is 7.87. The number of rotatable bonds is 5. The fraction of sp³-hybridized carbons (Fsp3) is 0.316. The highest BCUT2D eigenvalue weighted by Crippen LogP contribution is 2.38. The number of nitrogens with zero attached hydrogens (tertiary/aromatic N) is 1. The lowest BCUT2D eigenvalue weighted by atomic mass is 10.0. The third kappa shape index (κ3) is 3.08. The molecule has 1 fully saturated rings. The molecule has 5 nitrogen and oxygen atoms in total. The van der Waals surface area contributed by atoms with Crippen molar-refractivity contribution >= 4 is 5.91 Å². The minimum Gasteiger partial charge on any atom is -0.493 e. The van der Waals surface area contributed by atoms with Gasteiger partial charge in [0.2, 0.25) is 5.91 Å². The molecule has 2 aromatic rings. The highest BCUT2D eigenvalue weighted by molar-refractivity contribution is 5.80. The molecule has 0 unspecified atom stereocenters. The quantitative estimate of drug-likeness (QED) is 0.917. The number of ether oxygens (including phenoxy) is 2. The average molecular weight is 327 g/mol. The molecule has 126 valence electrons. The number of methoxy groups -OCH3 is 2. The first-order chi connectivity index (χ1) is 11.6. The summed E-state index contributed by atoms with van der Waals surface area (Å²) in [6, 6.07) is 14.9. The monoisotopic (exact) mass is 327 g/mol. The van der Waals surface area contributed by atoms with Gasteiger partial charge in [0.25, 0.3) is 0 Å². The third-order valence-corrected chi connectivity index (χ3v) is 4.35. The first-order valence-corrected chi connectivity index (χ1v) is 7.87. The lowest BCUT2D eigenvalue weighted by Crippen LogP contribution is -2.29. The molecule has 0 aromatic heterocycles. The number of aliphatic hydroxyl groups excluding tert-OH is 1. The number of carbonyl (C=O) groups is 1. The standard InChI is InChI=1S/C19H21NO4/c1-23-16-9-8-14(10-17(16)24-2)19-15(21)11-18(22)20(19)12-13-6-4-3-5-7-13/h3-10,15,19,21H,11-12H2,1-2H3/t15-,19-/m0/s1. The van der Waals surface area contributed by atoms with Gasteiger partial charge in [0.05, 0.1) is 32.8 Å². The maximum absolute atomic E-state index is 12.4. The van der Waals surface area contributed by atoms with Crippen LogP contribution in [0.4, 0.5) is 0 Å². The predicted molar refractivity (Wildman–Crippen MR) is 89.9 cm³/mol. The van der Waals surface area contributed by atoms with Crippen molar-refractivity contribution in [1.82, 2.24) is 4.90 Å². The normalized spacial score (nSPS) is 20.3. The Morgan fingerprint density at radius 1 is 1.08 bits per heavy atom. The van der Waals surface area contributed by atoms with E-state index < -0.39 is 12.1 Å². The predicted octanol–water partition coefficient (Wildman–Crippen LogP) is 2.54. The van der Waals surface area contributed by atoms with Crippen LogP contribution in [0.1, 0.15) is 23.6 Å². The third-order valence-electron chi connectivity index (χ3n) is 4.35. The Bertz CT molecular complexity index is 717. The van der Waals surface area contributed by atoms with Gasteiger partial charge in [-0.05, 0) is 23.3 Å². The van der Waals surface area contributed by atoms with E-state index in [1.807, 2.05) is 42.5 Å². The maximum Gasteiger partial charge on any atom is 0.226 e. The highest BCUT2D eigenvalue weighted by atomic mass is 16.5. The van der Waals surface area contributed by atoms with Crippen LogP contribution < -0.4 is 9.47 Å². The van der Waals surface area contributed by atoms with Crippen LogP contribution in [-0.4, -0.2) is 36.2 Å². The van der Waals surface area contributed by atoms with Crippen molar-refractivity contribution < 1.29 is 19.4 Å². The molecule has 1 aliphatic rings. The Labute approximate surface area is 141 Å². The zero-order chi connectivity index (χ0) is 17.1. The van der Waals surface area contributed by atoms with Crippen molar-refractivity contribution in [3.05, 3.63) is 59.7 Å². The van der Waals surface area contributed by atoms with E-state index in [9.17, 15) is 9.90 Å². The molecule has 2 atom stereocenters. The lowest BCUT2D eigenvalue weighted by Gasteiger charge is -2.27. The summed E-state index contributed by atoms with van der Waals surface area (Å²) >= 11 is 0. The van der Waals surface area contributed by atoms with E-state index in [1.54, 1.807) is 25.2 Å². The molecule has 5 heteroatoms. The number of hydrogen-bond acceptors (Lipinski definition) is 4. The summed E-state index contributed by atoms with van der Waals surface area (Å²) < 4.78 is 10.6. The SMILES string of the molecule is COc1ccc([C@H]2[C@@H](O)CC(=O)N2Cc2ccccc2)cc1OC. The van der Waals surface area contributed by atoms with Crippen LogP contribution >= 0.6 is 0 Å². The van der Waals surface area contributed by atoms with Crippen molar-refractivity contribution in [3.8, 4) is 11.5 Å². The Hall–Kier alpha value is -2.53. The summed E-state index contributed by atoms with van der Waals surface area (Å²) in [5.74, 6) is 1.15. The molecular formula is C19H21NO4. The van der Waals surface area contributed by atoms with Crippen molar-refractivity contribution in [2.75, 3.05) is 14.2 Å². The van der Waals surface area contributed by atoms with E-state index in [0.29, 0.717) is 18.0 Å². The molecule has 1 saturated heterocycles. The van der Waals surface area contributed by atoms with Crippen LogP contribution in [0.25, 0.3) is 0 Å². The molecule has 0 saturated carbocycles. The summed E-state index contributed by atoms with van der Waals surface area (Å²) in [4.78, 5) is 14.1. The van der Waals surface area contributed by atoms with Gasteiger partial charge in [-0.3, -0.25) is 4.79 Å². The molecule has 3 rings (SSSR count). The van der Waals surface area contributed by atoms with Crippen molar-refractivity contribution in [2.45, 2.75) is 25.1 Å². The van der Waals surface area contributed by atoms with Gasteiger partial charge in [-0.25, -0.2) is 0 Å². The Kier molecular flexibility index (Phi) is 4.71. The van der Waals surface area contributed by atoms with Gasteiger partial charge in [0.15, 0.2) is 11.5 Å². The second kappa shape index (κ2) is 6.93. The van der Waals surface area contributed by atoms with Gasteiger partial charge in [-0.2, -0.15) is 0 Å². The topological polar surface area (TPSA) is 59.0 Å². The van der Waals surface area contributed by atoms with E-state index in [0.717, 1.165) is 11.1 Å². The first kappa shape index (κ1) is 16.3. The van der Waals surface area contributed by atoms with Gasteiger partial charge in [0, 0.05) is 6.54 Å². The van der Waals surface area contributed by atoms with Crippen LogP contribution in [0.15, 0.2) is 48.5 Å². The van der Waals surface area contributed by atoms with Crippen molar-refractivity contribution in [2.24, 2.45) is 0 Å². The van der Waals surface area contributed by atoms with E-state index in [1.165, 1.54) is 0 Å². The lowest BCUT2D eigenvalue weighted by molar-refractivity contribution is -0.129. The van der Waals surface area contributed by atoms with Crippen molar-refractivity contribution in [3.63, 3.8) is 0 Å². The Balaban J connectivity index is 1.93. The van der Waals surface area contributed by atoms with Crippen LogP contribution in [0, 0.1) is 0 Å². The number of carbonyl (C=O) groups excluding carboxylic acids is 1. The van der Waals surface area contributed by atoms with Crippen molar-refractivity contribution in [1.29, 1.82) is 0 Å². The maximum atomic E-state index is 12.4. The molecule has 1 amide bonds. The number of likely N-dealkylation sites (tertiary alicyclic amines) is 1. The highest BCUT2D eigenvalue weighted by Gasteiger charge is 2.39. The summed E-state index contributed by atoms with van der Waals surface area (Å²) in [6.45, 7) is 0.468. The van der Waals surface area contributed by atoms with Gasteiger partial charge in [-0.1, -0.05) is 36.4 Å². The molecule has 0 bridgehead atoms. The van der Waals surface area contributed by atoms with Gasteiger partial charge >= 0.3 is 0 Å². The van der Waals surface area contributed by atoms with E-state index in [-0.39, 0.29) is 12.3 Å². The summed E-state index contributed by atoms with van der Waals surface area (Å²) in [6.07, 6.45) is -0.606. The number of aliphatic hydroxyl groups is 1. The smallest absolute Gasteiger partial charge is 0.226 e. The second-order valence-corrected chi connectivity index (χ2v) is 5.84. The van der Waals surface area contributed by atoms with Gasteiger partial charge in [0.1, 0.15) is 0 Å². The largest absolute Gasteiger partial charge is 0.493 e. The van der Waals surface area contributed by atoms with Crippen LogP contribution in [0.3, 0.4) is 0 Å². The molecule has 0 spiro atoms. The molecule has 0 aliphatic carbocycles. The fourth-order valence-electron chi connectivity index (χ4n) is 3.18. The van der Waals surface area contributed by atoms with Crippen LogP contribution in [0.5, 0.6) is 11.5 Å². The molecule has 1 N–H and O–H groups in total. The van der Waals surface area contributed by atoms with E-state index in [2.05, 4.69) is 0 Å². The molecular weight excluding hydrogens is 306 g/mol. The average Bonchev–Trinajstić information content (AvgIpc) is 2.88. The molecule has 24 heavy (non-hydrogen) atoms. The number of benzene rings is 2. The molecule has 1 aliphatic heterocycles. The van der Waals surface area contributed by atoms with E-state index >= 15 is 0 Å².